The predicted octanol–water partition coefficient (Wildman–Crippen LogP) is 2.79. The van der Waals surface area contributed by atoms with E-state index >= 15 is 0 Å². The monoisotopic (exact) mass is 447 g/mol. The number of piperidine rings is 1. The molecule has 33 heavy (non-hydrogen) atoms. The fourth-order valence-electron chi connectivity index (χ4n) is 3.69. The summed E-state index contributed by atoms with van der Waals surface area (Å²) in [6, 6.07) is 10.3. The third-order valence-corrected chi connectivity index (χ3v) is 5.50. The SMILES string of the molecule is O=C(Nc1cc(C(=O)O)c(-c2ccccc2)cn1)c1cnc(N2CCC(C(=O)O)CC2)cn1. The van der Waals surface area contributed by atoms with Gasteiger partial charge in [-0.2, -0.15) is 0 Å². The molecule has 10 heteroatoms. The van der Waals surface area contributed by atoms with Crippen molar-refractivity contribution in [1.29, 1.82) is 0 Å². The second kappa shape index (κ2) is 9.43. The van der Waals surface area contributed by atoms with Gasteiger partial charge in [0.15, 0.2) is 0 Å². The Balaban J connectivity index is 1.45. The number of amides is 1. The van der Waals surface area contributed by atoms with Crippen molar-refractivity contribution in [2.75, 3.05) is 23.3 Å². The molecule has 1 aliphatic heterocycles. The summed E-state index contributed by atoms with van der Waals surface area (Å²) in [5.41, 5.74) is 1.20. The van der Waals surface area contributed by atoms with Crippen LogP contribution in [-0.4, -0.2) is 56.1 Å². The van der Waals surface area contributed by atoms with Gasteiger partial charge in [0.25, 0.3) is 5.91 Å². The number of nitrogens with zero attached hydrogens (tertiary/aromatic N) is 4. The number of carbonyl (C=O) groups is 3. The first-order valence-electron chi connectivity index (χ1n) is 10.3. The molecule has 2 aromatic heterocycles. The van der Waals surface area contributed by atoms with Crippen LogP contribution in [0.2, 0.25) is 0 Å². The number of aromatic nitrogens is 3. The van der Waals surface area contributed by atoms with Gasteiger partial charge in [-0.15, -0.1) is 0 Å². The van der Waals surface area contributed by atoms with Crippen molar-refractivity contribution in [1.82, 2.24) is 15.0 Å². The zero-order valence-electron chi connectivity index (χ0n) is 17.5. The van der Waals surface area contributed by atoms with Gasteiger partial charge in [0.1, 0.15) is 17.3 Å². The zero-order valence-corrected chi connectivity index (χ0v) is 17.5. The highest BCUT2D eigenvalue weighted by Crippen LogP contribution is 2.25. The summed E-state index contributed by atoms with van der Waals surface area (Å²) in [5, 5.41) is 21.3. The average Bonchev–Trinajstić information content (AvgIpc) is 2.84. The molecule has 3 aromatic rings. The molecular weight excluding hydrogens is 426 g/mol. The lowest BCUT2D eigenvalue weighted by Gasteiger charge is -2.30. The van der Waals surface area contributed by atoms with Crippen LogP contribution < -0.4 is 10.2 Å². The van der Waals surface area contributed by atoms with Gasteiger partial charge >= 0.3 is 11.9 Å². The molecule has 0 spiro atoms. The quantitative estimate of drug-likeness (QED) is 0.519. The molecule has 1 amide bonds. The molecule has 1 aromatic carbocycles. The standard InChI is InChI=1S/C23H21N5O5/c29-21(18-12-26-20(13-24-18)28-8-6-15(7-9-28)22(30)31)27-19-10-16(23(32)33)17(11-25-19)14-4-2-1-3-5-14/h1-5,10-13,15H,6-9H2,(H,30,31)(H,32,33)(H,25,27,29). The van der Waals surface area contributed by atoms with Crippen LogP contribution >= 0.6 is 0 Å². The molecule has 1 fully saturated rings. The number of aromatic carboxylic acids is 1. The summed E-state index contributed by atoms with van der Waals surface area (Å²) in [6.07, 6.45) is 5.24. The lowest BCUT2D eigenvalue weighted by molar-refractivity contribution is -0.142. The van der Waals surface area contributed by atoms with Gasteiger partial charge in [-0.1, -0.05) is 30.3 Å². The Morgan fingerprint density at radius 3 is 2.27 bits per heavy atom. The topological polar surface area (TPSA) is 146 Å². The van der Waals surface area contributed by atoms with Crippen molar-refractivity contribution in [3.63, 3.8) is 0 Å². The lowest BCUT2D eigenvalue weighted by atomic mass is 9.97. The highest BCUT2D eigenvalue weighted by molar-refractivity contribution is 6.03. The number of carbonyl (C=O) groups excluding carboxylic acids is 1. The van der Waals surface area contributed by atoms with Crippen molar-refractivity contribution in [2.45, 2.75) is 12.8 Å². The summed E-state index contributed by atoms with van der Waals surface area (Å²) in [6.45, 7) is 1.10. The van der Waals surface area contributed by atoms with Crippen molar-refractivity contribution in [2.24, 2.45) is 5.92 Å². The third kappa shape index (κ3) is 4.95. The maximum atomic E-state index is 12.6. The van der Waals surface area contributed by atoms with Crippen molar-refractivity contribution < 1.29 is 24.6 Å². The fourth-order valence-corrected chi connectivity index (χ4v) is 3.69. The molecule has 0 bridgehead atoms. The Morgan fingerprint density at radius 2 is 1.67 bits per heavy atom. The smallest absolute Gasteiger partial charge is 0.336 e. The maximum Gasteiger partial charge on any atom is 0.336 e. The zero-order chi connectivity index (χ0) is 23.4. The number of hydrogen-bond acceptors (Lipinski definition) is 7. The van der Waals surface area contributed by atoms with Crippen LogP contribution in [-0.2, 0) is 4.79 Å². The number of carboxylic acid groups (broad SMARTS) is 2. The van der Waals surface area contributed by atoms with Gasteiger partial charge < -0.3 is 20.4 Å². The normalized spacial score (nSPS) is 14.0. The largest absolute Gasteiger partial charge is 0.481 e. The minimum Gasteiger partial charge on any atom is -0.481 e. The van der Waals surface area contributed by atoms with Gasteiger partial charge in [0, 0.05) is 24.8 Å². The minimum atomic E-state index is -1.14. The van der Waals surface area contributed by atoms with Crippen LogP contribution in [0.3, 0.4) is 0 Å². The van der Waals surface area contributed by atoms with Crippen LogP contribution in [0, 0.1) is 5.92 Å². The van der Waals surface area contributed by atoms with Crippen molar-refractivity contribution >= 4 is 29.5 Å². The summed E-state index contributed by atoms with van der Waals surface area (Å²) in [5.74, 6) is -2.20. The number of aliphatic carboxylic acids is 1. The molecule has 0 atom stereocenters. The molecule has 4 rings (SSSR count). The van der Waals surface area contributed by atoms with E-state index in [4.69, 9.17) is 5.11 Å². The predicted molar refractivity (Wildman–Crippen MR) is 119 cm³/mol. The number of carboxylic acids is 2. The first kappa shape index (κ1) is 21.9. The van der Waals surface area contributed by atoms with E-state index in [0.717, 1.165) is 0 Å². The minimum absolute atomic E-state index is 0.0118. The number of benzene rings is 1. The maximum absolute atomic E-state index is 12.6. The second-order valence-corrected chi connectivity index (χ2v) is 7.60. The van der Waals surface area contributed by atoms with Gasteiger partial charge in [0.2, 0.25) is 0 Å². The second-order valence-electron chi connectivity index (χ2n) is 7.60. The van der Waals surface area contributed by atoms with Crippen molar-refractivity contribution in [3.8, 4) is 11.1 Å². The molecule has 10 nitrogen and oxygen atoms in total. The Hall–Kier alpha value is -4.34. The molecule has 3 N–H and O–H groups in total. The molecule has 0 radical (unpaired) electrons. The van der Waals surface area contributed by atoms with Crippen LogP contribution in [0.25, 0.3) is 11.1 Å². The number of rotatable bonds is 6. The van der Waals surface area contributed by atoms with Gasteiger partial charge in [-0.05, 0) is 24.5 Å². The first-order chi connectivity index (χ1) is 15.9. The van der Waals surface area contributed by atoms with Crippen LogP contribution in [0.5, 0.6) is 0 Å². The summed E-state index contributed by atoms with van der Waals surface area (Å²) >= 11 is 0. The van der Waals surface area contributed by atoms with Crippen LogP contribution in [0.15, 0.2) is 55.0 Å². The van der Waals surface area contributed by atoms with E-state index in [-0.39, 0.29) is 23.0 Å². The third-order valence-electron chi connectivity index (χ3n) is 5.50. The molecule has 0 unspecified atom stereocenters. The molecule has 1 saturated heterocycles. The molecular formula is C23H21N5O5. The van der Waals surface area contributed by atoms with E-state index < -0.39 is 17.8 Å². The first-order valence-corrected chi connectivity index (χ1v) is 10.3. The van der Waals surface area contributed by atoms with Gasteiger partial charge in [-0.25, -0.2) is 19.7 Å². The number of hydrogen-bond donors (Lipinski definition) is 3. The van der Waals surface area contributed by atoms with E-state index in [0.29, 0.717) is 42.9 Å². The Morgan fingerprint density at radius 1 is 0.939 bits per heavy atom. The van der Waals surface area contributed by atoms with E-state index in [1.54, 1.807) is 24.3 Å². The fraction of sp³-hybridized carbons (Fsp3) is 0.217. The summed E-state index contributed by atoms with van der Waals surface area (Å²) < 4.78 is 0. The Kier molecular flexibility index (Phi) is 6.25. The highest BCUT2D eigenvalue weighted by atomic mass is 16.4. The molecule has 1 aliphatic rings. The molecule has 0 saturated carbocycles. The van der Waals surface area contributed by atoms with E-state index in [1.807, 2.05) is 11.0 Å². The van der Waals surface area contributed by atoms with E-state index in [2.05, 4.69) is 20.3 Å². The molecule has 3 heterocycles. The number of pyridine rings is 1. The van der Waals surface area contributed by atoms with E-state index in [1.165, 1.54) is 24.7 Å². The summed E-state index contributed by atoms with van der Waals surface area (Å²) in [7, 11) is 0. The number of anilines is 2. The van der Waals surface area contributed by atoms with Crippen LogP contribution in [0.1, 0.15) is 33.7 Å². The van der Waals surface area contributed by atoms with Gasteiger partial charge in [0.05, 0.1) is 23.9 Å². The Labute approximate surface area is 189 Å². The van der Waals surface area contributed by atoms with E-state index in [9.17, 15) is 19.5 Å². The van der Waals surface area contributed by atoms with Crippen LogP contribution in [0.4, 0.5) is 11.6 Å². The summed E-state index contributed by atoms with van der Waals surface area (Å²) in [4.78, 5) is 49.9. The molecule has 0 aliphatic carbocycles. The van der Waals surface area contributed by atoms with Crippen molar-refractivity contribution in [3.05, 3.63) is 66.2 Å². The highest BCUT2D eigenvalue weighted by Gasteiger charge is 2.25. The molecule has 168 valence electrons. The van der Waals surface area contributed by atoms with Gasteiger partial charge in [-0.3, -0.25) is 9.59 Å². The lowest BCUT2D eigenvalue weighted by Crippen LogP contribution is -2.36. The average molecular weight is 447 g/mol. The number of nitrogens with one attached hydrogen (secondary N) is 1. The Bertz CT molecular complexity index is 1180.